The summed E-state index contributed by atoms with van der Waals surface area (Å²) in [5, 5.41) is 8.85. The summed E-state index contributed by atoms with van der Waals surface area (Å²) in [6.07, 6.45) is -9.35. The standard InChI is InChI=1S/C22H16F6N4O2/c23-21(24,25)15-8-1-3-10-17(15)31-19(33)29-13-6-5-7-14(12-13)30-20(34)32-18-11-4-2-9-16(18)22(26,27)28/h1-12H,(H2,29,31,33)(H2,30,32,34). The number of hydrogen-bond donors (Lipinski definition) is 4. The van der Waals surface area contributed by atoms with Crippen LogP contribution in [0, 0.1) is 0 Å². The predicted octanol–water partition coefficient (Wildman–Crippen LogP) is 7.01. The molecule has 0 atom stereocenters. The van der Waals surface area contributed by atoms with E-state index in [1.807, 2.05) is 0 Å². The maximum Gasteiger partial charge on any atom is 0.418 e. The molecule has 0 unspecified atom stereocenters. The van der Waals surface area contributed by atoms with E-state index in [2.05, 4.69) is 21.3 Å². The predicted molar refractivity (Wildman–Crippen MR) is 115 cm³/mol. The van der Waals surface area contributed by atoms with Crippen LogP contribution in [-0.4, -0.2) is 12.1 Å². The van der Waals surface area contributed by atoms with Crippen LogP contribution in [0.15, 0.2) is 72.8 Å². The molecule has 178 valence electrons. The molecule has 4 amide bonds. The second-order valence-electron chi connectivity index (χ2n) is 6.83. The van der Waals surface area contributed by atoms with E-state index in [1.54, 1.807) is 0 Å². The fraction of sp³-hybridized carbons (Fsp3) is 0.0909. The molecule has 6 nitrogen and oxygen atoms in total. The first kappa shape index (κ1) is 24.4. The molecule has 0 aliphatic carbocycles. The van der Waals surface area contributed by atoms with Crippen molar-refractivity contribution in [1.82, 2.24) is 0 Å². The van der Waals surface area contributed by atoms with E-state index in [9.17, 15) is 35.9 Å². The molecule has 3 aromatic carbocycles. The molecule has 0 aromatic heterocycles. The molecule has 0 saturated carbocycles. The van der Waals surface area contributed by atoms with Crippen molar-refractivity contribution >= 4 is 34.8 Å². The third-order valence-corrected chi connectivity index (χ3v) is 4.34. The summed E-state index contributed by atoms with van der Waals surface area (Å²) >= 11 is 0. The molecule has 4 N–H and O–H groups in total. The van der Waals surface area contributed by atoms with Crippen molar-refractivity contribution < 1.29 is 35.9 Å². The normalized spacial score (nSPS) is 11.5. The number of benzene rings is 3. The minimum absolute atomic E-state index is 0.107. The first-order chi connectivity index (χ1) is 15.9. The smallest absolute Gasteiger partial charge is 0.308 e. The van der Waals surface area contributed by atoms with Gasteiger partial charge in [-0.3, -0.25) is 0 Å². The number of hydrogen-bond acceptors (Lipinski definition) is 2. The number of para-hydroxylation sites is 2. The van der Waals surface area contributed by atoms with Gasteiger partial charge in [0.1, 0.15) is 0 Å². The van der Waals surface area contributed by atoms with E-state index >= 15 is 0 Å². The summed E-state index contributed by atoms with van der Waals surface area (Å²) in [6.45, 7) is 0. The van der Waals surface area contributed by atoms with Crippen molar-refractivity contribution in [3.05, 3.63) is 83.9 Å². The molecular weight excluding hydrogens is 466 g/mol. The van der Waals surface area contributed by atoms with Crippen molar-refractivity contribution in [2.45, 2.75) is 12.4 Å². The Morgan fingerprint density at radius 1 is 0.529 bits per heavy atom. The number of rotatable bonds is 4. The van der Waals surface area contributed by atoms with Crippen LogP contribution >= 0.6 is 0 Å². The van der Waals surface area contributed by atoms with Gasteiger partial charge < -0.3 is 21.3 Å². The molecular formula is C22H16F6N4O2. The molecule has 0 bridgehead atoms. The van der Waals surface area contributed by atoms with Gasteiger partial charge in [-0.25, -0.2) is 9.59 Å². The highest BCUT2D eigenvalue weighted by Crippen LogP contribution is 2.35. The van der Waals surface area contributed by atoms with Gasteiger partial charge in [-0.15, -0.1) is 0 Å². The van der Waals surface area contributed by atoms with Gasteiger partial charge >= 0.3 is 24.4 Å². The second-order valence-corrected chi connectivity index (χ2v) is 6.83. The number of alkyl halides is 6. The average Bonchev–Trinajstić information content (AvgIpc) is 2.73. The monoisotopic (exact) mass is 482 g/mol. The quantitative estimate of drug-likeness (QED) is 0.302. The number of carbonyl (C=O) groups is 2. The molecule has 0 radical (unpaired) electrons. The number of halogens is 6. The van der Waals surface area contributed by atoms with Crippen LogP contribution in [-0.2, 0) is 12.4 Å². The lowest BCUT2D eigenvalue weighted by Crippen LogP contribution is -2.23. The molecule has 0 fully saturated rings. The summed E-state index contributed by atoms with van der Waals surface area (Å²) in [7, 11) is 0. The first-order valence-electron chi connectivity index (χ1n) is 9.52. The Morgan fingerprint density at radius 3 is 1.29 bits per heavy atom. The van der Waals surface area contributed by atoms with Gasteiger partial charge in [0.15, 0.2) is 0 Å². The molecule has 0 heterocycles. The number of carbonyl (C=O) groups excluding carboxylic acids is 2. The molecule has 12 heteroatoms. The molecule has 0 aliphatic rings. The van der Waals surface area contributed by atoms with E-state index in [1.165, 1.54) is 48.5 Å². The van der Waals surface area contributed by atoms with E-state index in [-0.39, 0.29) is 11.4 Å². The van der Waals surface area contributed by atoms with Gasteiger partial charge in [-0.2, -0.15) is 26.3 Å². The van der Waals surface area contributed by atoms with Gasteiger partial charge in [-0.1, -0.05) is 30.3 Å². The van der Waals surface area contributed by atoms with Crippen LogP contribution in [0.5, 0.6) is 0 Å². The molecule has 3 rings (SSSR count). The number of anilines is 4. The molecule has 0 aliphatic heterocycles. The SMILES string of the molecule is O=C(Nc1cccc(NC(=O)Nc2ccccc2C(F)(F)F)c1)Nc1ccccc1C(F)(F)F. The molecule has 34 heavy (non-hydrogen) atoms. The Bertz CT molecular complexity index is 1110. The van der Waals surface area contributed by atoms with Gasteiger partial charge in [0.05, 0.1) is 22.5 Å². The van der Waals surface area contributed by atoms with Crippen LogP contribution in [0.1, 0.15) is 11.1 Å². The first-order valence-corrected chi connectivity index (χ1v) is 9.52. The van der Waals surface area contributed by atoms with Gasteiger partial charge in [0.2, 0.25) is 0 Å². The number of amides is 4. The highest BCUT2D eigenvalue weighted by Gasteiger charge is 2.34. The third kappa shape index (κ3) is 6.40. The zero-order valence-corrected chi connectivity index (χ0v) is 17.0. The molecule has 0 saturated heterocycles. The summed E-state index contributed by atoms with van der Waals surface area (Å²) in [5.74, 6) is 0. The highest BCUT2D eigenvalue weighted by molar-refractivity contribution is 6.02. The summed E-state index contributed by atoms with van der Waals surface area (Å²) in [4.78, 5) is 24.3. The average molecular weight is 482 g/mol. The summed E-state index contributed by atoms with van der Waals surface area (Å²) in [5.41, 5.74) is -2.76. The van der Waals surface area contributed by atoms with E-state index in [0.29, 0.717) is 0 Å². The van der Waals surface area contributed by atoms with Crippen molar-refractivity contribution in [2.75, 3.05) is 21.3 Å². The summed E-state index contributed by atoms with van der Waals surface area (Å²) < 4.78 is 78.4. The minimum atomic E-state index is -4.67. The fourth-order valence-corrected chi connectivity index (χ4v) is 2.92. The Kier molecular flexibility index (Phi) is 6.99. The number of nitrogens with one attached hydrogen (secondary N) is 4. The second kappa shape index (κ2) is 9.73. The van der Waals surface area contributed by atoms with Crippen molar-refractivity contribution in [2.24, 2.45) is 0 Å². The van der Waals surface area contributed by atoms with E-state index in [0.717, 1.165) is 24.3 Å². The topological polar surface area (TPSA) is 82.3 Å². The lowest BCUT2D eigenvalue weighted by Gasteiger charge is -2.15. The van der Waals surface area contributed by atoms with Gasteiger partial charge in [0.25, 0.3) is 0 Å². The summed E-state index contributed by atoms with van der Waals surface area (Å²) in [6, 6.07) is 12.3. The van der Waals surface area contributed by atoms with Crippen molar-refractivity contribution in [3.63, 3.8) is 0 Å². The fourth-order valence-electron chi connectivity index (χ4n) is 2.92. The minimum Gasteiger partial charge on any atom is -0.308 e. The zero-order valence-electron chi connectivity index (χ0n) is 17.0. The van der Waals surface area contributed by atoms with Crippen molar-refractivity contribution in [3.8, 4) is 0 Å². The maximum atomic E-state index is 13.1. The number of urea groups is 2. The molecule has 3 aromatic rings. The Morgan fingerprint density at radius 2 is 0.912 bits per heavy atom. The Hall–Kier alpha value is -4.22. The largest absolute Gasteiger partial charge is 0.418 e. The van der Waals surface area contributed by atoms with Crippen LogP contribution < -0.4 is 21.3 Å². The van der Waals surface area contributed by atoms with Crippen LogP contribution in [0.4, 0.5) is 58.7 Å². The lowest BCUT2D eigenvalue weighted by molar-refractivity contribution is -0.137. The Balaban J connectivity index is 1.66. The Labute approximate surface area is 189 Å². The zero-order chi connectivity index (χ0) is 24.9. The van der Waals surface area contributed by atoms with Gasteiger partial charge in [-0.05, 0) is 42.5 Å². The van der Waals surface area contributed by atoms with Crippen molar-refractivity contribution in [1.29, 1.82) is 0 Å². The highest BCUT2D eigenvalue weighted by atomic mass is 19.4. The van der Waals surface area contributed by atoms with Crippen LogP contribution in [0.3, 0.4) is 0 Å². The lowest BCUT2D eigenvalue weighted by atomic mass is 10.1. The van der Waals surface area contributed by atoms with E-state index in [4.69, 9.17) is 0 Å². The maximum absolute atomic E-state index is 13.1. The van der Waals surface area contributed by atoms with Crippen LogP contribution in [0.2, 0.25) is 0 Å². The van der Waals surface area contributed by atoms with Crippen LogP contribution in [0.25, 0.3) is 0 Å². The molecule has 0 spiro atoms. The third-order valence-electron chi connectivity index (χ3n) is 4.34. The van der Waals surface area contributed by atoms with E-state index < -0.39 is 46.9 Å². The van der Waals surface area contributed by atoms with Gasteiger partial charge in [0, 0.05) is 11.4 Å².